The van der Waals surface area contributed by atoms with Gasteiger partial charge in [-0.2, -0.15) is 0 Å². The third-order valence-electron chi connectivity index (χ3n) is 12.2. The van der Waals surface area contributed by atoms with Gasteiger partial charge in [-0.25, -0.2) is 13.4 Å². The Kier molecular flexibility index (Phi) is 11.6. The van der Waals surface area contributed by atoms with Crippen molar-refractivity contribution < 1.29 is 37.1 Å². The largest absolute Gasteiger partial charge is 0.495 e. The molecule has 2 saturated heterocycles. The van der Waals surface area contributed by atoms with Gasteiger partial charge < -0.3 is 19.3 Å². The third kappa shape index (κ3) is 8.45. The Balaban J connectivity index is 1.23. The van der Waals surface area contributed by atoms with Crippen molar-refractivity contribution in [3.05, 3.63) is 60.3 Å². The number of nitrogens with zero attached hydrogens (tertiary/aromatic N) is 4. The molecule has 1 N–H and O–H groups in total. The molecular formula is C43H52ClN5O8S. The number of sulfonamides is 1. The number of halogens is 1. The van der Waals surface area contributed by atoms with Crippen molar-refractivity contribution in [1.29, 1.82) is 0 Å². The molecular weight excluding hydrogens is 782 g/mol. The number of carbonyl (C=O) groups is 4. The van der Waals surface area contributed by atoms with Gasteiger partial charge in [0.15, 0.2) is 5.78 Å². The summed E-state index contributed by atoms with van der Waals surface area (Å²) in [5.41, 5.74) is -0.905. The lowest BCUT2D eigenvalue weighted by Gasteiger charge is -2.36. The first-order valence-electron chi connectivity index (χ1n) is 20.1. The number of methoxy groups -OCH3 is 1. The number of Topliss-reactive ketones (excluding diaryl/α,β-unsaturated/α-hetero) is 1. The molecule has 2 aliphatic carbocycles. The number of pyridine rings is 2. The number of piperidine rings is 1. The van der Waals surface area contributed by atoms with Gasteiger partial charge in [-0.15, -0.1) is 6.58 Å². The maximum absolute atomic E-state index is 14.9. The molecule has 4 aliphatic rings. The summed E-state index contributed by atoms with van der Waals surface area (Å²) in [5, 5.41) is 0.912. The zero-order valence-corrected chi connectivity index (χ0v) is 35.1. The molecule has 15 heteroatoms. The SMILES string of the molecule is C=C[C@@H]1C[C@]1(CC(=O)[C@@H]1C[C@@H](Oc2nc(-c3ccccn3)cc3c(Cl)c(OC)ccc23)CN1C(=O)[C@@H](CC(=O)N1CCCCC1)C(C)(C)C)C(=O)NS(=O)(=O)C1CC1. The van der Waals surface area contributed by atoms with Crippen molar-refractivity contribution in [1.82, 2.24) is 24.5 Å². The van der Waals surface area contributed by atoms with Crippen molar-refractivity contribution in [2.45, 2.75) is 96.0 Å². The number of carbonyl (C=O) groups excluding carboxylic acids is 4. The fraction of sp³-hybridized carbons (Fsp3) is 0.535. The van der Waals surface area contributed by atoms with E-state index >= 15 is 0 Å². The lowest BCUT2D eigenvalue weighted by Crippen LogP contribution is -2.49. The highest BCUT2D eigenvalue weighted by Gasteiger charge is 2.61. The van der Waals surface area contributed by atoms with Crippen LogP contribution in [0.3, 0.4) is 0 Å². The van der Waals surface area contributed by atoms with Gasteiger partial charge in [0.1, 0.15) is 11.9 Å². The number of rotatable bonds is 14. The van der Waals surface area contributed by atoms with E-state index in [4.69, 9.17) is 26.1 Å². The molecule has 2 aliphatic heterocycles. The van der Waals surface area contributed by atoms with Crippen molar-refractivity contribution in [2.24, 2.45) is 22.7 Å². The predicted octanol–water partition coefficient (Wildman–Crippen LogP) is 6.13. The Bertz CT molecular complexity index is 2220. The average molecular weight is 834 g/mol. The normalized spacial score (nSPS) is 23.9. The highest BCUT2D eigenvalue weighted by atomic mass is 35.5. The number of amides is 3. The highest BCUT2D eigenvalue weighted by Crippen LogP contribution is 2.57. The molecule has 3 aromatic rings. The standard InChI is InChI=1S/C43H52ClN5O8S/c1-6-26-23-43(26,41(53)47-58(54,55)28-13-14-28)24-35(50)34-20-27(25-49(34)40(52)31(42(2,3)4)22-37(51)48-18-10-7-11-19-48)57-39-29-15-16-36(56-5)38(44)30(29)21-33(46-39)32-12-8-9-17-45-32/h6,8-9,12,15-17,21,26-28,31,34H,1,7,10-11,13-14,18-20,22-25H2,2-5H3,(H,47,53)/t26-,27-,31-,34+,43-/m1/s1. The van der Waals surface area contributed by atoms with E-state index in [-0.39, 0.29) is 49.9 Å². The molecule has 4 fully saturated rings. The molecule has 1 aromatic carbocycles. The number of likely N-dealkylation sites (tertiary alicyclic amines) is 2. The van der Waals surface area contributed by atoms with Gasteiger partial charge in [-0.1, -0.05) is 44.5 Å². The Labute approximate surface area is 344 Å². The zero-order chi connectivity index (χ0) is 41.6. The average Bonchev–Trinajstić information content (AvgIpc) is 4.14. The van der Waals surface area contributed by atoms with Gasteiger partial charge in [0.25, 0.3) is 0 Å². The summed E-state index contributed by atoms with van der Waals surface area (Å²) in [6, 6.07) is 9.71. The van der Waals surface area contributed by atoms with Crippen LogP contribution in [0.15, 0.2) is 55.3 Å². The number of ether oxygens (including phenoxy) is 2. The van der Waals surface area contributed by atoms with E-state index < -0.39 is 61.8 Å². The summed E-state index contributed by atoms with van der Waals surface area (Å²) >= 11 is 6.84. The number of hydrogen-bond donors (Lipinski definition) is 1. The molecule has 13 nitrogen and oxygen atoms in total. The molecule has 3 amide bonds. The minimum absolute atomic E-state index is 0.000736. The topological polar surface area (TPSA) is 165 Å². The van der Waals surface area contributed by atoms with Crippen LogP contribution in [0.25, 0.3) is 22.2 Å². The zero-order valence-electron chi connectivity index (χ0n) is 33.5. The molecule has 2 aromatic heterocycles. The van der Waals surface area contributed by atoms with Crippen molar-refractivity contribution in [3.8, 4) is 23.0 Å². The van der Waals surface area contributed by atoms with Crippen LogP contribution in [0.2, 0.25) is 5.02 Å². The Hall–Kier alpha value is -4.56. The van der Waals surface area contributed by atoms with E-state index in [1.54, 1.807) is 36.5 Å². The summed E-state index contributed by atoms with van der Waals surface area (Å²) in [6.45, 7) is 10.9. The second-order valence-corrected chi connectivity index (χ2v) is 19.6. The summed E-state index contributed by atoms with van der Waals surface area (Å²) < 4.78 is 40.1. The summed E-state index contributed by atoms with van der Waals surface area (Å²) in [5.74, 6) is -2.10. The molecule has 7 rings (SSSR count). The number of aromatic nitrogens is 2. The predicted molar refractivity (Wildman–Crippen MR) is 220 cm³/mol. The lowest BCUT2D eigenvalue weighted by atomic mass is 9.77. The van der Waals surface area contributed by atoms with Crippen LogP contribution in [0, 0.1) is 22.7 Å². The molecule has 0 radical (unpaired) electrons. The number of hydrogen-bond acceptors (Lipinski definition) is 10. The van der Waals surface area contributed by atoms with Crippen LogP contribution in [-0.2, 0) is 29.2 Å². The Morgan fingerprint density at radius 2 is 1.81 bits per heavy atom. The maximum Gasteiger partial charge on any atom is 0.240 e. The van der Waals surface area contributed by atoms with Gasteiger partial charge >= 0.3 is 0 Å². The van der Waals surface area contributed by atoms with Gasteiger partial charge in [-0.05, 0) is 80.2 Å². The van der Waals surface area contributed by atoms with E-state index in [1.807, 2.05) is 37.8 Å². The second-order valence-electron chi connectivity index (χ2n) is 17.3. The van der Waals surface area contributed by atoms with Crippen LogP contribution >= 0.6 is 11.6 Å². The molecule has 4 heterocycles. The van der Waals surface area contributed by atoms with Gasteiger partial charge in [-0.3, -0.25) is 28.9 Å². The number of allylic oxidation sites excluding steroid dienone is 1. The van der Waals surface area contributed by atoms with E-state index in [1.165, 1.54) is 12.0 Å². The number of fused-ring (bicyclic) bond motifs is 1. The number of nitrogens with one attached hydrogen (secondary N) is 1. The summed E-state index contributed by atoms with van der Waals surface area (Å²) in [7, 11) is -2.35. The monoisotopic (exact) mass is 833 g/mol. The molecule has 0 bridgehead atoms. The third-order valence-corrected chi connectivity index (χ3v) is 14.4. The van der Waals surface area contributed by atoms with Crippen molar-refractivity contribution in [2.75, 3.05) is 26.7 Å². The molecule has 0 spiro atoms. The fourth-order valence-electron chi connectivity index (χ4n) is 8.44. The van der Waals surface area contributed by atoms with Crippen LogP contribution in [0.1, 0.15) is 78.6 Å². The molecule has 2 saturated carbocycles. The molecule has 58 heavy (non-hydrogen) atoms. The first-order valence-corrected chi connectivity index (χ1v) is 22.0. The summed E-state index contributed by atoms with van der Waals surface area (Å²) in [6.07, 6.45) is 6.32. The fourth-order valence-corrected chi connectivity index (χ4v) is 10.1. The quantitative estimate of drug-likeness (QED) is 0.187. The first-order chi connectivity index (χ1) is 27.6. The van der Waals surface area contributed by atoms with Crippen LogP contribution < -0.4 is 14.2 Å². The lowest BCUT2D eigenvalue weighted by molar-refractivity contribution is -0.148. The first kappa shape index (κ1) is 41.6. The molecule has 5 atom stereocenters. The Morgan fingerprint density at radius 3 is 2.43 bits per heavy atom. The molecule has 310 valence electrons. The van der Waals surface area contributed by atoms with Gasteiger partial charge in [0.2, 0.25) is 33.6 Å². The van der Waals surface area contributed by atoms with E-state index in [0.717, 1.165) is 19.3 Å². The summed E-state index contributed by atoms with van der Waals surface area (Å²) in [4.78, 5) is 69.6. The minimum Gasteiger partial charge on any atom is -0.495 e. The van der Waals surface area contributed by atoms with Crippen molar-refractivity contribution in [3.63, 3.8) is 0 Å². The highest BCUT2D eigenvalue weighted by molar-refractivity contribution is 7.90. The van der Waals surface area contributed by atoms with Crippen LogP contribution in [0.5, 0.6) is 11.6 Å². The van der Waals surface area contributed by atoms with Gasteiger partial charge in [0.05, 0.1) is 52.7 Å². The second kappa shape index (κ2) is 16.2. The van der Waals surface area contributed by atoms with E-state index in [0.29, 0.717) is 58.9 Å². The number of benzene rings is 1. The number of ketones is 1. The van der Waals surface area contributed by atoms with Gasteiger partial charge in [0, 0.05) is 49.3 Å². The van der Waals surface area contributed by atoms with Crippen LogP contribution in [0.4, 0.5) is 0 Å². The maximum atomic E-state index is 14.9. The molecule has 0 unspecified atom stereocenters. The smallest absolute Gasteiger partial charge is 0.240 e. The van der Waals surface area contributed by atoms with E-state index in [9.17, 15) is 27.6 Å². The van der Waals surface area contributed by atoms with E-state index in [2.05, 4.69) is 16.3 Å². The Morgan fingerprint density at radius 1 is 1.07 bits per heavy atom. The minimum atomic E-state index is -3.88. The van der Waals surface area contributed by atoms with Crippen LogP contribution in [-0.4, -0.2) is 95.8 Å². The van der Waals surface area contributed by atoms with Crippen molar-refractivity contribution >= 4 is 55.9 Å².